The quantitative estimate of drug-likeness (QED) is 0.0934. The molecule has 0 aliphatic carbocycles. The molecule has 8 rings (SSSR count). The Labute approximate surface area is 365 Å². The summed E-state index contributed by atoms with van der Waals surface area (Å²) in [6, 6.07) is 0.663. The molecule has 2 saturated heterocycles. The Morgan fingerprint density at radius 3 is 2.31 bits per heavy atom. The van der Waals surface area contributed by atoms with Crippen LogP contribution in [0.2, 0.25) is 0 Å². The number of nitrogens with zero attached hydrogens (tertiary/aromatic N) is 3. The number of fused-ring (bicyclic) bond motifs is 15. The van der Waals surface area contributed by atoms with Crippen molar-refractivity contribution in [3.8, 4) is 30.1 Å². The van der Waals surface area contributed by atoms with E-state index in [4.69, 9.17) is 24.6 Å². The molecular formula is C49H66N4O9. The molecule has 13 heteroatoms. The average molecular weight is 855 g/mol. The number of benzene rings is 2. The van der Waals surface area contributed by atoms with E-state index in [2.05, 4.69) is 30.1 Å². The van der Waals surface area contributed by atoms with E-state index >= 15 is 0 Å². The normalized spacial score (nSPS) is 34.1. The van der Waals surface area contributed by atoms with Crippen molar-refractivity contribution in [3.05, 3.63) is 57.8 Å². The van der Waals surface area contributed by atoms with Gasteiger partial charge in [-0.25, -0.2) is 0 Å². The number of ketones is 1. The van der Waals surface area contributed by atoms with E-state index in [1.165, 1.54) is 6.92 Å². The minimum Gasteiger partial charge on any atom is -0.507 e. The van der Waals surface area contributed by atoms with Crippen molar-refractivity contribution < 1.29 is 44.3 Å². The predicted molar refractivity (Wildman–Crippen MR) is 240 cm³/mol. The molecule has 336 valence electrons. The molecule has 6 heterocycles. The molecule has 2 aromatic rings. The number of carbonyl (C=O) groups is 3. The molecule has 2 fully saturated rings. The van der Waals surface area contributed by atoms with Gasteiger partial charge in [-0.15, -0.1) is 12.8 Å². The third-order valence-corrected chi connectivity index (χ3v) is 13.7. The highest BCUT2D eigenvalue weighted by Crippen LogP contribution is 2.50. The lowest BCUT2D eigenvalue weighted by atomic mass is 9.80. The Hall–Kier alpha value is -5.03. The van der Waals surface area contributed by atoms with Crippen LogP contribution in [0.4, 0.5) is 5.69 Å². The number of esters is 1. The fraction of sp³-hybridized carbons (Fsp3) is 0.571. The summed E-state index contributed by atoms with van der Waals surface area (Å²) in [5, 5.41) is 46.4. The summed E-state index contributed by atoms with van der Waals surface area (Å²) in [5.74, 6) is -2.21. The van der Waals surface area contributed by atoms with Gasteiger partial charge in [0.1, 0.15) is 28.6 Å². The van der Waals surface area contributed by atoms with Crippen LogP contribution in [-0.2, 0) is 14.3 Å². The average Bonchev–Trinajstić information content (AvgIpc) is 3.85. The molecule has 62 heavy (non-hydrogen) atoms. The summed E-state index contributed by atoms with van der Waals surface area (Å²) in [7, 11) is 3.15. The van der Waals surface area contributed by atoms with Gasteiger partial charge < -0.3 is 40.1 Å². The maximum absolute atomic E-state index is 14.8. The molecule has 6 aliphatic rings. The van der Waals surface area contributed by atoms with Gasteiger partial charge in [0.15, 0.2) is 17.0 Å². The van der Waals surface area contributed by atoms with E-state index in [-0.39, 0.29) is 92.1 Å². The highest BCUT2D eigenvalue weighted by atomic mass is 16.5. The first kappa shape index (κ1) is 48.0. The molecule has 13 nitrogen and oxygen atoms in total. The third kappa shape index (κ3) is 8.92. The van der Waals surface area contributed by atoms with Crippen LogP contribution < -0.4 is 20.8 Å². The molecule has 1 amide bonds. The van der Waals surface area contributed by atoms with Gasteiger partial charge in [-0.2, -0.15) is 0 Å². The van der Waals surface area contributed by atoms with Crippen molar-refractivity contribution in [1.82, 2.24) is 4.90 Å². The minimum atomic E-state index is -1.35. The van der Waals surface area contributed by atoms with Crippen molar-refractivity contribution >= 4 is 34.1 Å². The third-order valence-electron chi connectivity index (χ3n) is 13.7. The first-order valence-electron chi connectivity index (χ1n) is 21.8. The SMILES string of the molecule is C#C.CC(=O)O[C@H]1[C@H](C)[C@H](O)[C@H](C)C[C@@H](C)/C=C/C=C(/C)C(=O)Nc2c(O)c3c(O)c(C)c4c(c3c3c2=N[C@]2(CC[C@@H]5CC[C@H](C2)N5C)N=3)C(=O)[C@@](C)(C/C=C/C[C@H]1C)O4.CO. The molecule has 10 atom stereocenters. The lowest BCUT2D eigenvalue weighted by molar-refractivity contribution is -0.156. The number of allylic oxidation sites excluding steroid dienone is 4. The number of Topliss-reactive ketones (excluding diaryl/α,β-unsaturated/α-hetero) is 1. The largest absolute Gasteiger partial charge is 0.507 e. The predicted octanol–water partition coefficient (Wildman–Crippen LogP) is 6.37. The maximum Gasteiger partial charge on any atom is 0.302 e. The van der Waals surface area contributed by atoms with Crippen molar-refractivity contribution in [2.45, 2.75) is 142 Å². The zero-order chi connectivity index (χ0) is 46.0. The van der Waals surface area contributed by atoms with Gasteiger partial charge in [-0.1, -0.05) is 58.1 Å². The fourth-order valence-electron chi connectivity index (χ4n) is 10.2. The number of nitrogens with one attached hydrogen (secondary N) is 1. The van der Waals surface area contributed by atoms with Crippen LogP contribution in [0, 0.1) is 43.4 Å². The smallest absolute Gasteiger partial charge is 0.302 e. The molecule has 0 radical (unpaired) electrons. The zero-order valence-electron chi connectivity index (χ0n) is 38.0. The lowest BCUT2D eigenvalue weighted by Gasteiger charge is -2.34. The first-order chi connectivity index (χ1) is 29.4. The molecular weight excluding hydrogens is 789 g/mol. The second kappa shape index (κ2) is 19.2. The van der Waals surface area contributed by atoms with Crippen molar-refractivity contribution in [2.24, 2.45) is 33.7 Å². The molecule has 7 bridgehead atoms. The number of carbonyl (C=O) groups excluding carboxylic acids is 3. The second-order valence-electron chi connectivity index (χ2n) is 18.2. The molecule has 5 N–H and O–H groups in total. The van der Waals surface area contributed by atoms with E-state index in [0.29, 0.717) is 42.7 Å². The molecule has 0 unspecified atom stereocenters. The summed E-state index contributed by atoms with van der Waals surface area (Å²) < 4.78 is 12.3. The highest BCUT2D eigenvalue weighted by molar-refractivity contribution is 6.20. The van der Waals surface area contributed by atoms with Crippen LogP contribution in [-0.4, -0.2) is 92.7 Å². The number of phenols is 2. The Morgan fingerprint density at radius 1 is 0.968 bits per heavy atom. The molecule has 0 saturated carbocycles. The number of rotatable bonds is 1. The van der Waals surface area contributed by atoms with E-state index in [1.807, 2.05) is 52.0 Å². The summed E-state index contributed by atoms with van der Waals surface area (Å²) in [6.07, 6.45) is 21.7. The molecule has 0 aromatic heterocycles. The number of terminal acetylenes is 1. The van der Waals surface area contributed by atoms with E-state index < -0.39 is 35.3 Å². The van der Waals surface area contributed by atoms with Gasteiger partial charge in [0, 0.05) is 61.4 Å². The van der Waals surface area contributed by atoms with Crippen LogP contribution in [0.25, 0.3) is 10.8 Å². The fourth-order valence-corrected chi connectivity index (χ4v) is 10.2. The zero-order valence-corrected chi connectivity index (χ0v) is 38.0. The summed E-state index contributed by atoms with van der Waals surface area (Å²) in [4.78, 5) is 54.0. The number of aliphatic hydroxyl groups excluding tert-OH is 2. The summed E-state index contributed by atoms with van der Waals surface area (Å²) in [5.41, 5.74) is -1.32. The van der Waals surface area contributed by atoms with Gasteiger partial charge >= 0.3 is 5.97 Å². The number of aliphatic hydroxyl groups is 2. The Balaban J connectivity index is 0.00000176. The molecule has 6 aliphatic heterocycles. The summed E-state index contributed by atoms with van der Waals surface area (Å²) in [6.45, 7) is 14.3. The van der Waals surface area contributed by atoms with E-state index in [0.717, 1.165) is 26.4 Å². The maximum atomic E-state index is 14.8. The Bertz CT molecular complexity index is 2320. The Kier molecular flexibility index (Phi) is 14.8. The molecule has 1 spiro atoms. The first-order valence-corrected chi connectivity index (χ1v) is 21.8. The van der Waals surface area contributed by atoms with Crippen LogP contribution in [0.15, 0.2) is 45.9 Å². The van der Waals surface area contributed by atoms with Crippen molar-refractivity contribution in [3.63, 3.8) is 0 Å². The van der Waals surface area contributed by atoms with Crippen molar-refractivity contribution in [2.75, 3.05) is 19.5 Å². The van der Waals surface area contributed by atoms with Gasteiger partial charge in [-0.05, 0) is 84.1 Å². The number of anilines is 1. The van der Waals surface area contributed by atoms with E-state index in [1.54, 1.807) is 26.8 Å². The highest BCUT2D eigenvalue weighted by Gasteiger charge is 2.49. The molecule has 2 aromatic carbocycles. The number of phenolic OH excluding ortho intramolecular Hbond substituents is 2. The second-order valence-corrected chi connectivity index (χ2v) is 18.2. The number of amides is 1. The standard InChI is InChI=1S/C46H60N4O8.C2H2.CH4O/c1-23-13-12-15-25(3)44(56)47-37-36-35(48-46(49-36)20-18-30-16-17-31(22-46)50(30)9)32-33(40(37)54)39(53)28(6)42-34(32)43(55)45(8,58-42)19-11-10-14-24(2)41(57-29(7)51)27(5)38(52)26(4)21-23;2*1-2/h10-13,15,23-24,26-27,30-31,38,41,52-54H,14,16-22H2,1-9H3,(H,47,56);1-2H;2H,1H3/b11-10+,13-12+,25-15-;;/t23-,24+,26+,27+,30-,31+,38+,41+,45+,46-;;/m0../s1. The van der Waals surface area contributed by atoms with Crippen LogP contribution in [0.5, 0.6) is 17.2 Å². The van der Waals surface area contributed by atoms with Gasteiger partial charge in [0.2, 0.25) is 5.78 Å². The van der Waals surface area contributed by atoms with Gasteiger partial charge in [0.25, 0.3) is 5.91 Å². The monoisotopic (exact) mass is 854 g/mol. The van der Waals surface area contributed by atoms with Crippen LogP contribution in [0.1, 0.15) is 116 Å². The number of hydrogen-bond donors (Lipinski definition) is 5. The van der Waals surface area contributed by atoms with Crippen molar-refractivity contribution in [1.29, 1.82) is 0 Å². The van der Waals surface area contributed by atoms with Crippen LogP contribution >= 0.6 is 0 Å². The topological polar surface area (TPSA) is 191 Å². The minimum absolute atomic E-state index is 0.0193. The Morgan fingerprint density at radius 2 is 1.63 bits per heavy atom. The number of ether oxygens (including phenoxy) is 2. The van der Waals surface area contributed by atoms with Gasteiger partial charge in [-0.3, -0.25) is 24.4 Å². The number of aromatic hydroxyl groups is 2. The summed E-state index contributed by atoms with van der Waals surface area (Å²) >= 11 is 0. The van der Waals surface area contributed by atoms with Crippen LogP contribution in [0.3, 0.4) is 0 Å². The lowest BCUT2D eigenvalue weighted by Crippen LogP contribution is -2.40. The van der Waals surface area contributed by atoms with Gasteiger partial charge in [0.05, 0.1) is 22.4 Å². The van der Waals surface area contributed by atoms with E-state index in [9.17, 15) is 29.7 Å². The number of hydrogen-bond acceptors (Lipinski definition) is 12.